The number of carbonyl (C=O) groups is 1. The predicted octanol–water partition coefficient (Wildman–Crippen LogP) is 4.37. The molecule has 0 fully saturated rings. The summed E-state index contributed by atoms with van der Waals surface area (Å²) in [6, 6.07) is 10.4. The van der Waals surface area contributed by atoms with Crippen molar-refractivity contribution in [2.75, 3.05) is 7.11 Å². The van der Waals surface area contributed by atoms with E-state index >= 15 is 0 Å². The van der Waals surface area contributed by atoms with Crippen LogP contribution in [0.2, 0.25) is 10.0 Å². The number of benzene rings is 2. The molecule has 0 aliphatic carbocycles. The van der Waals surface area contributed by atoms with Gasteiger partial charge >= 0.3 is 0 Å². The van der Waals surface area contributed by atoms with Crippen molar-refractivity contribution in [3.63, 3.8) is 0 Å². The monoisotopic (exact) mass is 363 g/mol. The molecule has 0 saturated heterocycles. The van der Waals surface area contributed by atoms with E-state index in [4.69, 9.17) is 27.9 Å². The predicted molar refractivity (Wildman–Crippen MR) is 95.0 cm³/mol. The van der Waals surface area contributed by atoms with Gasteiger partial charge in [-0.15, -0.1) is 0 Å². The van der Waals surface area contributed by atoms with Crippen LogP contribution in [0.25, 0.3) is 11.0 Å². The Morgan fingerprint density at radius 1 is 1.25 bits per heavy atom. The van der Waals surface area contributed by atoms with E-state index in [1.807, 2.05) is 31.2 Å². The topological polar surface area (TPSA) is 67.0 Å². The van der Waals surface area contributed by atoms with E-state index in [0.717, 1.165) is 11.0 Å². The summed E-state index contributed by atoms with van der Waals surface area (Å²) in [6.45, 7) is 1.85. The average molecular weight is 364 g/mol. The second kappa shape index (κ2) is 6.71. The Kier molecular flexibility index (Phi) is 4.64. The van der Waals surface area contributed by atoms with E-state index < -0.39 is 0 Å². The summed E-state index contributed by atoms with van der Waals surface area (Å²) >= 11 is 12.2. The number of methoxy groups -OCH3 is 1. The lowest BCUT2D eigenvalue weighted by molar-refractivity contribution is 0.0938. The van der Waals surface area contributed by atoms with E-state index in [0.29, 0.717) is 17.1 Å². The minimum Gasteiger partial charge on any atom is -0.494 e. The van der Waals surface area contributed by atoms with Crippen molar-refractivity contribution in [3.8, 4) is 5.75 Å². The molecule has 3 aromatic rings. The maximum absolute atomic E-state index is 12.4. The maximum Gasteiger partial charge on any atom is 0.251 e. The van der Waals surface area contributed by atoms with Gasteiger partial charge in [0.1, 0.15) is 5.82 Å². The molecular formula is C17H15Cl2N3O2. The lowest BCUT2D eigenvalue weighted by Crippen LogP contribution is -2.27. The van der Waals surface area contributed by atoms with Crippen molar-refractivity contribution in [1.29, 1.82) is 0 Å². The highest BCUT2D eigenvalue weighted by molar-refractivity contribution is 6.37. The molecule has 0 aliphatic rings. The van der Waals surface area contributed by atoms with Gasteiger partial charge in [0.25, 0.3) is 5.91 Å². The summed E-state index contributed by atoms with van der Waals surface area (Å²) in [4.78, 5) is 20.1. The van der Waals surface area contributed by atoms with Gasteiger partial charge < -0.3 is 15.0 Å². The quantitative estimate of drug-likeness (QED) is 0.723. The Morgan fingerprint density at radius 2 is 1.92 bits per heavy atom. The lowest BCUT2D eigenvalue weighted by atomic mass is 10.2. The van der Waals surface area contributed by atoms with Crippen LogP contribution in [0.15, 0.2) is 36.4 Å². The fraction of sp³-hybridized carbons (Fsp3) is 0.176. The first-order valence-electron chi connectivity index (χ1n) is 7.28. The van der Waals surface area contributed by atoms with Gasteiger partial charge in [-0.05, 0) is 31.2 Å². The SMILES string of the molecule is COc1c(Cl)cc(C(=O)NC(C)c2nc3ccccc3[nH]2)cc1Cl. The van der Waals surface area contributed by atoms with Gasteiger partial charge in [0.2, 0.25) is 0 Å². The summed E-state index contributed by atoms with van der Waals surface area (Å²) < 4.78 is 5.08. The van der Waals surface area contributed by atoms with Crippen LogP contribution in [0.4, 0.5) is 0 Å². The highest BCUT2D eigenvalue weighted by Crippen LogP contribution is 2.33. The van der Waals surface area contributed by atoms with E-state index in [2.05, 4.69) is 15.3 Å². The van der Waals surface area contributed by atoms with Gasteiger partial charge in [-0.3, -0.25) is 4.79 Å². The third-order valence-corrected chi connectivity index (χ3v) is 4.19. The average Bonchev–Trinajstić information content (AvgIpc) is 2.98. The first-order valence-corrected chi connectivity index (χ1v) is 8.03. The van der Waals surface area contributed by atoms with Crippen LogP contribution < -0.4 is 10.1 Å². The molecule has 2 N–H and O–H groups in total. The second-order valence-electron chi connectivity index (χ2n) is 5.31. The Hall–Kier alpha value is -2.24. The summed E-state index contributed by atoms with van der Waals surface area (Å²) in [7, 11) is 1.47. The van der Waals surface area contributed by atoms with Gasteiger partial charge in [0, 0.05) is 5.56 Å². The number of fused-ring (bicyclic) bond motifs is 1. The number of hydrogen-bond acceptors (Lipinski definition) is 3. The Bertz CT molecular complexity index is 852. The third kappa shape index (κ3) is 3.18. The van der Waals surface area contributed by atoms with Crippen molar-refractivity contribution in [3.05, 3.63) is 57.8 Å². The zero-order valence-electron chi connectivity index (χ0n) is 13.1. The summed E-state index contributed by atoms with van der Waals surface area (Å²) in [5.41, 5.74) is 2.13. The molecular weight excluding hydrogens is 349 g/mol. The molecule has 7 heteroatoms. The highest BCUT2D eigenvalue weighted by Gasteiger charge is 2.17. The molecule has 2 aromatic carbocycles. The number of ether oxygens (including phenoxy) is 1. The molecule has 0 spiro atoms. The van der Waals surface area contributed by atoms with E-state index in [9.17, 15) is 4.79 Å². The van der Waals surface area contributed by atoms with Gasteiger partial charge in [0.05, 0.1) is 34.2 Å². The van der Waals surface area contributed by atoms with Crippen molar-refractivity contribution in [2.45, 2.75) is 13.0 Å². The molecule has 5 nitrogen and oxygen atoms in total. The van der Waals surface area contributed by atoms with Gasteiger partial charge in [0.15, 0.2) is 5.75 Å². The van der Waals surface area contributed by atoms with Crippen molar-refractivity contribution < 1.29 is 9.53 Å². The number of halogens is 2. The molecule has 0 aliphatic heterocycles. The number of nitrogens with one attached hydrogen (secondary N) is 2. The van der Waals surface area contributed by atoms with E-state index in [-0.39, 0.29) is 22.0 Å². The molecule has 0 bridgehead atoms. The summed E-state index contributed by atoms with van der Waals surface area (Å²) in [5.74, 6) is 0.727. The van der Waals surface area contributed by atoms with Crippen molar-refractivity contribution in [2.24, 2.45) is 0 Å². The number of para-hydroxylation sites is 2. The molecule has 0 radical (unpaired) electrons. The third-order valence-electron chi connectivity index (χ3n) is 3.63. The molecule has 1 aromatic heterocycles. The Morgan fingerprint density at radius 3 is 2.54 bits per heavy atom. The van der Waals surface area contributed by atoms with E-state index in [1.165, 1.54) is 19.2 Å². The van der Waals surface area contributed by atoms with Crippen LogP contribution >= 0.6 is 23.2 Å². The minimum absolute atomic E-state index is 0.284. The van der Waals surface area contributed by atoms with Crippen LogP contribution in [0.5, 0.6) is 5.75 Å². The van der Waals surface area contributed by atoms with Gasteiger partial charge in [-0.25, -0.2) is 4.98 Å². The second-order valence-corrected chi connectivity index (χ2v) is 6.12. The number of aromatic amines is 1. The number of aromatic nitrogens is 2. The number of hydrogen-bond donors (Lipinski definition) is 2. The van der Waals surface area contributed by atoms with Crippen molar-refractivity contribution in [1.82, 2.24) is 15.3 Å². The fourth-order valence-electron chi connectivity index (χ4n) is 2.41. The van der Waals surface area contributed by atoms with Crippen LogP contribution in [0.1, 0.15) is 29.1 Å². The normalized spacial score (nSPS) is 12.2. The molecule has 124 valence electrons. The first-order chi connectivity index (χ1) is 11.5. The molecule has 0 saturated carbocycles. The standard InChI is InChI=1S/C17H15Cl2N3O2/c1-9(16-21-13-5-3-4-6-14(13)22-16)20-17(23)10-7-11(18)15(24-2)12(19)8-10/h3-9H,1-2H3,(H,20,23)(H,21,22). The van der Waals surface area contributed by atoms with Crippen molar-refractivity contribution >= 4 is 40.1 Å². The fourth-order valence-corrected chi connectivity index (χ4v) is 3.05. The smallest absolute Gasteiger partial charge is 0.251 e. The zero-order chi connectivity index (χ0) is 17.3. The zero-order valence-corrected chi connectivity index (χ0v) is 14.6. The number of H-pyrrole nitrogens is 1. The van der Waals surface area contributed by atoms with Crippen LogP contribution in [-0.4, -0.2) is 23.0 Å². The number of nitrogens with zero attached hydrogens (tertiary/aromatic N) is 1. The summed E-state index contributed by atoms with van der Waals surface area (Å²) in [6.07, 6.45) is 0. The lowest BCUT2D eigenvalue weighted by Gasteiger charge is -2.13. The molecule has 1 amide bonds. The molecule has 1 atom stereocenters. The largest absolute Gasteiger partial charge is 0.494 e. The Labute approximate surface area is 148 Å². The molecule has 1 unspecified atom stereocenters. The van der Waals surface area contributed by atoms with Gasteiger partial charge in [-0.1, -0.05) is 35.3 Å². The molecule has 1 heterocycles. The Balaban J connectivity index is 1.81. The van der Waals surface area contributed by atoms with Gasteiger partial charge in [-0.2, -0.15) is 0 Å². The first kappa shape index (κ1) is 16.6. The van der Waals surface area contributed by atoms with E-state index in [1.54, 1.807) is 0 Å². The number of amides is 1. The molecule has 3 rings (SSSR count). The van der Waals surface area contributed by atoms with Crippen LogP contribution in [0.3, 0.4) is 0 Å². The van der Waals surface area contributed by atoms with Crippen LogP contribution in [0, 0.1) is 0 Å². The number of carbonyl (C=O) groups excluding carboxylic acids is 1. The number of imidazole rings is 1. The number of rotatable bonds is 4. The minimum atomic E-state index is -0.301. The maximum atomic E-state index is 12.4. The highest BCUT2D eigenvalue weighted by atomic mass is 35.5. The van der Waals surface area contributed by atoms with Crippen LogP contribution in [-0.2, 0) is 0 Å². The summed E-state index contributed by atoms with van der Waals surface area (Å²) in [5, 5.41) is 3.44. The molecule has 24 heavy (non-hydrogen) atoms.